The van der Waals surface area contributed by atoms with Crippen LogP contribution >= 0.6 is 11.6 Å². The van der Waals surface area contributed by atoms with Gasteiger partial charge in [0, 0.05) is 18.0 Å². The van der Waals surface area contributed by atoms with E-state index in [-0.39, 0.29) is 10.8 Å². The lowest BCUT2D eigenvalue weighted by atomic mass is 10.1. The van der Waals surface area contributed by atoms with Gasteiger partial charge in [0.1, 0.15) is 6.04 Å². The van der Waals surface area contributed by atoms with E-state index in [1.807, 2.05) is 19.1 Å². The monoisotopic (exact) mass is 392 g/mol. The first-order valence-corrected chi connectivity index (χ1v) is 10.4. The Hall–Kier alpha value is -2.05. The molecule has 7 heteroatoms. The van der Waals surface area contributed by atoms with Gasteiger partial charge in [0.25, 0.3) is 10.0 Å². The lowest BCUT2D eigenvalue weighted by molar-refractivity contribution is -0.122. The number of benzene rings is 2. The van der Waals surface area contributed by atoms with Crippen molar-refractivity contribution in [2.75, 3.05) is 10.8 Å². The minimum atomic E-state index is -3.88. The SMILES string of the molecule is CCCCNC(=O)C1Cc2ccccc2N1S(=O)(=O)c1ccc(Cl)cc1. The number of halogens is 1. The number of rotatable bonds is 6. The minimum absolute atomic E-state index is 0.116. The van der Waals surface area contributed by atoms with E-state index in [1.54, 1.807) is 12.1 Å². The zero-order valence-corrected chi connectivity index (χ0v) is 16.1. The average molecular weight is 393 g/mol. The van der Waals surface area contributed by atoms with Crippen LogP contribution in [0.15, 0.2) is 53.4 Å². The molecule has 0 aliphatic carbocycles. The largest absolute Gasteiger partial charge is 0.354 e. The van der Waals surface area contributed by atoms with Crippen molar-refractivity contribution in [3.05, 3.63) is 59.1 Å². The molecule has 1 N–H and O–H groups in total. The number of unbranched alkanes of at least 4 members (excludes halogenated alkanes) is 1. The third-order valence-corrected chi connectivity index (χ3v) is 6.52. The van der Waals surface area contributed by atoms with Crippen molar-refractivity contribution in [1.29, 1.82) is 0 Å². The number of hydrogen-bond acceptors (Lipinski definition) is 3. The zero-order valence-electron chi connectivity index (χ0n) is 14.5. The standard InChI is InChI=1S/C19H21ClN2O3S/c1-2-3-12-21-19(23)18-13-14-6-4-5-7-17(14)22(18)26(24,25)16-10-8-15(20)9-11-16/h4-11,18H,2-3,12-13H2,1H3,(H,21,23). The topological polar surface area (TPSA) is 66.5 Å². The van der Waals surface area contributed by atoms with Crippen molar-refractivity contribution in [1.82, 2.24) is 5.32 Å². The molecular formula is C19H21ClN2O3S. The first-order valence-electron chi connectivity index (χ1n) is 8.60. The molecule has 138 valence electrons. The number of carbonyl (C=O) groups excluding carboxylic acids is 1. The fourth-order valence-corrected chi connectivity index (χ4v) is 4.86. The van der Waals surface area contributed by atoms with Crippen molar-refractivity contribution < 1.29 is 13.2 Å². The maximum Gasteiger partial charge on any atom is 0.265 e. The smallest absolute Gasteiger partial charge is 0.265 e. The number of anilines is 1. The van der Waals surface area contributed by atoms with Gasteiger partial charge in [-0.05, 0) is 42.3 Å². The number of nitrogens with one attached hydrogen (secondary N) is 1. The molecule has 26 heavy (non-hydrogen) atoms. The van der Waals surface area contributed by atoms with Crippen LogP contribution in [0.4, 0.5) is 5.69 Å². The second-order valence-corrected chi connectivity index (χ2v) is 8.50. The first-order chi connectivity index (χ1) is 12.4. The quantitative estimate of drug-likeness (QED) is 0.766. The van der Waals surface area contributed by atoms with Gasteiger partial charge in [-0.1, -0.05) is 43.1 Å². The molecule has 1 atom stereocenters. The number of fused-ring (bicyclic) bond motifs is 1. The summed E-state index contributed by atoms with van der Waals surface area (Å²) < 4.78 is 27.8. The fourth-order valence-electron chi connectivity index (χ4n) is 3.08. The summed E-state index contributed by atoms with van der Waals surface area (Å²) in [7, 11) is -3.88. The van der Waals surface area contributed by atoms with Crippen LogP contribution in [-0.4, -0.2) is 26.9 Å². The van der Waals surface area contributed by atoms with Gasteiger partial charge in [-0.3, -0.25) is 9.10 Å². The van der Waals surface area contributed by atoms with E-state index in [2.05, 4.69) is 5.32 Å². The number of sulfonamides is 1. The molecule has 1 aliphatic rings. The number of hydrogen-bond donors (Lipinski definition) is 1. The van der Waals surface area contributed by atoms with Crippen LogP contribution in [0.5, 0.6) is 0 Å². The van der Waals surface area contributed by atoms with Crippen LogP contribution in [0.2, 0.25) is 5.02 Å². The van der Waals surface area contributed by atoms with Gasteiger partial charge < -0.3 is 5.32 Å². The summed E-state index contributed by atoms with van der Waals surface area (Å²) in [5.41, 5.74) is 1.40. The van der Waals surface area contributed by atoms with Crippen LogP contribution in [0.3, 0.4) is 0 Å². The van der Waals surface area contributed by atoms with Gasteiger partial charge in [0.15, 0.2) is 0 Å². The second-order valence-electron chi connectivity index (χ2n) is 6.25. The van der Waals surface area contributed by atoms with E-state index in [0.29, 0.717) is 23.7 Å². The minimum Gasteiger partial charge on any atom is -0.354 e. The summed E-state index contributed by atoms with van der Waals surface area (Å²) >= 11 is 5.88. The maximum atomic E-state index is 13.3. The van der Waals surface area contributed by atoms with Gasteiger partial charge >= 0.3 is 0 Å². The van der Waals surface area contributed by atoms with Gasteiger partial charge in [-0.2, -0.15) is 0 Å². The highest BCUT2D eigenvalue weighted by atomic mass is 35.5. The van der Waals surface area contributed by atoms with Gasteiger partial charge in [0.05, 0.1) is 10.6 Å². The van der Waals surface area contributed by atoms with Crippen LogP contribution in [0, 0.1) is 0 Å². The maximum absolute atomic E-state index is 13.3. The Morgan fingerprint density at radius 1 is 1.19 bits per heavy atom. The lowest BCUT2D eigenvalue weighted by Gasteiger charge is -2.26. The van der Waals surface area contributed by atoms with Gasteiger partial charge in [0.2, 0.25) is 5.91 Å². The van der Waals surface area contributed by atoms with Gasteiger partial charge in [-0.25, -0.2) is 8.42 Å². The molecule has 0 saturated carbocycles. The molecule has 2 aromatic rings. The summed E-state index contributed by atoms with van der Waals surface area (Å²) in [5, 5.41) is 3.31. The molecule has 0 aromatic heterocycles. The second kappa shape index (κ2) is 7.68. The molecule has 0 radical (unpaired) electrons. The van der Waals surface area contributed by atoms with Crippen molar-refractivity contribution >= 4 is 33.2 Å². The van der Waals surface area contributed by atoms with E-state index >= 15 is 0 Å². The van der Waals surface area contributed by atoms with Crippen molar-refractivity contribution in [2.24, 2.45) is 0 Å². The number of amides is 1. The van der Waals surface area contributed by atoms with Crippen molar-refractivity contribution in [2.45, 2.75) is 37.1 Å². The Bertz CT molecular complexity index is 897. The number of carbonyl (C=O) groups is 1. The Balaban J connectivity index is 1.99. The summed E-state index contributed by atoms with van der Waals surface area (Å²) in [4.78, 5) is 12.8. The Morgan fingerprint density at radius 2 is 1.88 bits per heavy atom. The molecule has 1 heterocycles. The lowest BCUT2D eigenvalue weighted by Crippen LogP contribution is -2.48. The van der Waals surface area contributed by atoms with Crippen LogP contribution in [-0.2, 0) is 21.2 Å². The van der Waals surface area contributed by atoms with E-state index in [0.717, 1.165) is 18.4 Å². The summed E-state index contributed by atoms with van der Waals surface area (Å²) in [6, 6.07) is 12.4. The molecule has 1 aliphatic heterocycles. The highest BCUT2D eigenvalue weighted by Crippen LogP contribution is 2.37. The van der Waals surface area contributed by atoms with Crippen molar-refractivity contribution in [3.63, 3.8) is 0 Å². The molecule has 1 unspecified atom stereocenters. The molecule has 1 amide bonds. The Kier molecular flexibility index (Phi) is 5.53. The molecule has 0 spiro atoms. The molecule has 0 saturated heterocycles. The summed E-state index contributed by atoms with van der Waals surface area (Å²) in [6.07, 6.45) is 2.17. The van der Waals surface area contributed by atoms with Crippen LogP contribution in [0.25, 0.3) is 0 Å². The summed E-state index contributed by atoms with van der Waals surface area (Å²) in [5.74, 6) is -0.271. The molecule has 3 rings (SSSR count). The predicted molar refractivity (Wildman–Crippen MR) is 103 cm³/mol. The third kappa shape index (κ3) is 3.57. The molecule has 0 fully saturated rings. The zero-order chi connectivity index (χ0) is 18.7. The third-order valence-electron chi connectivity index (χ3n) is 4.43. The van der Waals surface area contributed by atoms with E-state index < -0.39 is 16.1 Å². The summed E-state index contributed by atoms with van der Waals surface area (Å²) in [6.45, 7) is 2.58. The molecule has 5 nitrogen and oxygen atoms in total. The van der Waals surface area contributed by atoms with E-state index in [1.165, 1.54) is 28.6 Å². The van der Waals surface area contributed by atoms with E-state index in [4.69, 9.17) is 11.6 Å². The fraction of sp³-hybridized carbons (Fsp3) is 0.316. The Labute approximate surface area is 159 Å². The first kappa shape index (κ1) is 18.7. The molecular weight excluding hydrogens is 372 g/mol. The average Bonchev–Trinajstić information content (AvgIpc) is 3.02. The molecule has 0 bridgehead atoms. The Morgan fingerprint density at radius 3 is 2.58 bits per heavy atom. The highest BCUT2D eigenvalue weighted by Gasteiger charge is 2.41. The van der Waals surface area contributed by atoms with Crippen LogP contribution < -0.4 is 9.62 Å². The normalized spacial score (nSPS) is 16.4. The van der Waals surface area contributed by atoms with Crippen LogP contribution in [0.1, 0.15) is 25.3 Å². The van der Waals surface area contributed by atoms with Crippen molar-refractivity contribution in [3.8, 4) is 0 Å². The molecule has 2 aromatic carbocycles. The highest BCUT2D eigenvalue weighted by molar-refractivity contribution is 7.93. The van der Waals surface area contributed by atoms with Gasteiger partial charge in [-0.15, -0.1) is 0 Å². The van der Waals surface area contributed by atoms with E-state index in [9.17, 15) is 13.2 Å². The predicted octanol–water partition coefficient (Wildman–Crippen LogP) is 3.38. The number of para-hydroxylation sites is 1. The number of nitrogens with zero attached hydrogens (tertiary/aromatic N) is 1.